The van der Waals surface area contributed by atoms with Crippen molar-refractivity contribution in [2.75, 3.05) is 0 Å². The van der Waals surface area contributed by atoms with Gasteiger partial charge in [0.05, 0.1) is 0 Å². The Morgan fingerprint density at radius 1 is 0.944 bits per heavy atom. The van der Waals surface area contributed by atoms with Crippen LogP contribution < -0.4 is 0 Å². The van der Waals surface area contributed by atoms with E-state index in [-0.39, 0.29) is 0 Å². The van der Waals surface area contributed by atoms with Crippen LogP contribution in [-0.4, -0.2) is 0 Å². The Morgan fingerprint density at radius 2 is 1.56 bits per heavy atom. The molecule has 2 aromatic carbocycles. The molecule has 0 saturated heterocycles. The van der Waals surface area contributed by atoms with Crippen LogP contribution >= 0.6 is 0 Å². The molecule has 0 radical (unpaired) electrons. The number of hydrogen-bond acceptors (Lipinski definition) is 0. The van der Waals surface area contributed by atoms with Crippen LogP contribution in [0.3, 0.4) is 0 Å². The molecule has 0 heterocycles. The molecule has 94 valence electrons. The molecule has 0 amide bonds. The van der Waals surface area contributed by atoms with E-state index in [0.717, 1.165) is 35.2 Å². The third kappa shape index (κ3) is 2.26. The Balaban J connectivity index is 2.61. The summed E-state index contributed by atoms with van der Waals surface area (Å²) in [5.74, 6) is -3.75. The largest absolute Gasteiger partial charge is 0.204 e. The fourth-order valence-corrected chi connectivity index (χ4v) is 1.91. The molecule has 0 saturated carbocycles. The molecule has 0 aromatic heterocycles. The second-order valence-electron chi connectivity index (χ2n) is 4.26. The van der Waals surface area contributed by atoms with Crippen molar-refractivity contribution in [1.29, 1.82) is 0 Å². The van der Waals surface area contributed by atoms with Crippen LogP contribution in [0.15, 0.2) is 30.3 Å². The van der Waals surface area contributed by atoms with Gasteiger partial charge in [0.25, 0.3) is 0 Å². The Bertz CT molecular complexity index is 565. The van der Waals surface area contributed by atoms with E-state index in [1.54, 1.807) is 0 Å². The molecule has 0 bridgehead atoms. The molecule has 0 aliphatic carbocycles. The third-order valence-electron chi connectivity index (χ3n) is 3.01. The van der Waals surface area contributed by atoms with Gasteiger partial charge in [-0.2, -0.15) is 0 Å². The van der Waals surface area contributed by atoms with E-state index >= 15 is 0 Å². The molecular formula is C15H13F3. The molecule has 0 unspecified atom stereocenters. The first-order chi connectivity index (χ1) is 8.52. The molecule has 3 heteroatoms. The van der Waals surface area contributed by atoms with E-state index in [1.165, 1.54) is 0 Å². The van der Waals surface area contributed by atoms with E-state index in [1.807, 2.05) is 32.0 Å². The minimum Gasteiger partial charge on any atom is -0.204 e. The van der Waals surface area contributed by atoms with Crippen LogP contribution in [0.2, 0.25) is 0 Å². The predicted molar refractivity (Wildman–Crippen MR) is 65.9 cm³/mol. The summed E-state index contributed by atoms with van der Waals surface area (Å²) >= 11 is 0. The van der Waals surface area contributed by atoms with Crippen molar-refractivity contribution in [2.24, 2.45) is 0 Å². The second kappa shape index (κ2) is 4.84. The zero-order valence-electron chi connectivity index (χ0n) is 10.2. The van der Waals surface area contributed by atoms with Crippen LogP contribution in [-0.2, 0) is 6.42 Å². The smallest absolute Gasteiger partial charge is 0.194 e. The van der Waals surface area contributed by atoms with Crippen molar-refractivity contribution in [1.82, 2.24) is 0 Å². The topological polar surface area (TPSA) is 0 Å². The average molecular weight is 250 g/mol. The third-order valence-corrected chi connectivity index (χ3v) is 3.01. The molecule has 0 fully saturated rings. The van der Waals surface area contributed by atoms with E-state index in [9.17, 15) is 13.2 Å². The maximum Gasteiger partial charge on any atom is 0.194 e. The molecule has 0 atom stereocenters. The summed E-state index contributed by atoms with van der Waals surface area (Å²) < 4.78 is 39.4. The first kappa shape index (κ1) is 12.7. The van der Waals surface area contributed by atoms with E-state index in [0.29, 0.717) is 5.56 Å². The van der Waals surface area contributed by atoms with Crippen molar-refractivity contribution in [3.63, 3.8) is 0 Å². The van der Waals surface area contributed by atoms with Gasteiger partial charge in [-0.25, -0.2) is 13.2 Å². The van der Waals surface area contributed by atoms with Crippen LogP contribution in [0.1, 0.15) is 18.1 Å². The van der Waals surface area contributed by atoms with Crippen molar-refractivity contribution >= 4 is 0 Å². The highest BCUT2D eigenvalue weighted by Crippen LogP contribution is 2.27. The van der Waals surface area contributed by atoms with E-state index in [2.05, 4.69) is 0 Å². The highest BCUT2D eigenvalue weighted by molar-refractivity contribution is 5.68. The predicted octanol–water partition coefficient (Wildman–Crippen LogP) is 4.64. The number of rotatable bonds is 2. The fraction of sp³-hybridized carbons (Fsp3) is 0.200. The molecule has 0 aliphatic rings. The Labute approximate surface area is 104 Å². The van der Waals surface area contributed by atoms with Crippen molar-refractivity contribution in [2.45, 2.75) is 20.3 Å². The van der Waals surface area contributed by atoms with Gasteiger partial charge < -0.3 is 0 Å². The van der Waals surface area contributed by atoms with Gasteiger partial charge in [0.1, 0.15) is 0 Å². The Morgan fingerprint density at radius 3 is 2.11 bits per heavy atom. The van der Waals surface area contributed by atoms with Gasteiger partial charge in [-0.1, -0.05) is 25.1 Å². The second-order valence-corrected chi connectivity index (χ2v) is 4.26. The van der Waals surface area contributed by atoms with Crippen LogP contribution in [0, 0.1) is 24.4 Å². The lowest BCUT2D eigenvalue weighted by molar-refractivity contribution is 0.447. The normalized spacial score (nSPS) is 10.7. The molecule has 2 rings (SSSR count). The summed E-state index contributed by atoms with van der Waals surface area (Å²) in [5.41, 5.74) is 3.06. The molecule has 2 aromatic rings. The molecule has 0 spiro atoms. The van der Waals surface area contributed by atoms with Gasteiger partial charge in [-0.05, 0) is 47.7 Å². The zero-order valence-corrected chi connectivity index (χ0v) is 10.2. The molecule has 0 N–H and O–H groups in total. The fourth-order valence-electron chi connectivity index (χ4n) is 1.91. The zero-order chi connectivity index (χ0) is 13.3. The first-order valence-corrected chi connectivity index (χ1v) is 5.77. The van der Waals surface area contributed by atoms with Gasteiger partial charge >= 0.3 is 0 Å². The number of hydrogen-bond donors (Lipinski definition) is 0. The minimum absolute atomic E-state index is 0.360. The van der Waals surface area contributed by atoms with E-state index < -0.39 is 17.5 Å². The number of aryl methyl sites for hydroxylation is 2. The summed E-state index contributed by atoms with van der Waals surface area (Å²) in [5, 5.41) is 0. The summed E-state index contributed by atoms with van der Waals surface area (Å²) in [7, 11) is 0. The summed E-state index contributed by atoms with van der Waals surface area (Å²) in [6, 6.07) is 7.80. The summed E-state index contributed by atoms with van der Waals surface area (Å²) in [4.78, 5) is 0. The van der Waals surface area contributed by atoms with Gasteiger partial charge in [-0.15, -0.1) is 0 Å². The summed E-state index contributed by atoms with van der Waals surface area (Å²) in [6.45, 7) is 3.86. The Hall–Kier alpha value is -1.77. The van der Waals surface area contributed by atoms with Gasteiger partial charge in [-0.3, -0.25) is 0 Å². The first-order valence-electron chi connectivity index (χ1n) is 5.77. The van der Waals surface area contributed by atoms with Gasteiger partial charge in [0, 0.05) is 0 Å². The molecule has 0 nitrogen and oxygen atoms in total. The van der Waals surface area contributed by atoms with Crippen molar-refractivity contribution in [3.05, 3.63) is 58.9 Å². The molecular weight excluding hydrogens is 237 g/mol. The van der Waals surface area contributed by atoms with Gasteiger partial charge in [0.2, 0.25) is 0 Å². The average Bonchev–Trinajstić information content (AvgIpc) is 2.36. The monoisotopic (exact) mass is 250 g/mol. The van der Waals surface area contributed by atoms with E-state index in [4.69, 9.17) is 0 Å². The van der Waals surface area contributed by atoms with Crippen molar-refractivity contribution < 1.29 is 13.2 Å². The van der Waals surface area contributed by atoms with Crippen LogP contribution in [0.5, 0.6) is 0 Å². The summed E-state index contributed by atoms with van der Waals surface area (Å²) in [6.07, 6.45) is 0.833. The number of benzene rings is 2. The molecule has 0 aliphatic heterocycles. The maximum absolute atomic E-state index is 13.2. The Kier molecular flexibility index (Phi) is 3.41. The SMILES string of the molecule is CCc1ccc(C)c(-c2cc(F)c(F)c(F)c2)c1. The highest BCUT2D eigenvalue weighted by Gasteiger charge is 2.12. The van der Waals surface area contributed by atoms with Crippen LogP contribution in [0.4, 0.5) is 13.2 Å². The number of halogens is 3. The van der Waals surface area contributed by atoms with Crippen LogP contribution in [0.25, 0.3) is 11.1 Å². The highest BCUT2D eigenvalue weighted by atomic mass is 19.2. The minimum atomic E-state index is -1.43. The quantitative estimate of drug-likeness (QED) is 0.681. The lowest BCUT2D eigenvalue weighted by Crippen LogP contribution is -1.94. The van der Waals surface area contributed by atoms with Crippen molar-refractivity contribution in [3.8, 4) is 11.1 Å². The maximum atomic E-state index is 13.2. The lowest BCUT2D eigenvalue weighted by Gasteiger charge is -2.09. The standard InChI is InChI=1S/C15H13F3/c1-3-10-5-4-9(2)12(6-10)11-7-13(16)15(18)14(17)8-11/h4-8H,3H2,1-2H3. The van der Waals surface area contributed by atoms with Gasteiger partial charge in [0.15, 0.2) is 17.5 Å². The lowest BCUT2D eigenvalue weighted by atomic mass is 9.97. The molecule has 18 heavy (non-hydrogen) atoms.